The molecule has 0 atom stereocenters. The number of rotatable bonds is 7. The van der Waals surface area contributed by atoms with E-state index < -0.39 is 0 Å². The molecule has 0 heterocycles. The summed E-state index contributed by atoms with van der Waals surface area (Å²) >= 11 is 1.68. The van der Waals surface area contributed by atoms with Gasteiger partial charge < -0.3 is 15.4 Å². The third-order valence-corrected chi connectivity index (χ3v) is 3.97. The van der Waals surface area contributed by atoms with Gasteiger partial charge in [-0.15, -0.1) is 24.0 Å². The molecule has 0 aliphatic rings. The average molecular weight is 455 g/mol. The highest BCUT2D eigenvalue weighted by Crippen LogP contribution is 2.16. The van der Waals surface area contributed by atoms with Crippen LogP contribution in [0.3, 0.4) is 0 Å². The second kappa shape index (κ2) is 11.1. The molecule has 0 spiro atoms. The van der Waals surface area contributed by atoms with Gasteiger partial charge in [0, 0.05) is 33.0 Å². The first-order chi connectivity index (χ1) is 10.4. The summed E-state index contributed by atoms with van der Waals surface area (Å²) in [5, 5.41) is 6.48. The van der Waals surface area contributed by atoms with E-state index in [0.717, 1.165) is 16.9 Å². The molecule has 1 aromatic carbocycles. The number of ether oxygens (including phenoxy) is 1. The summed E-state index contributed by atoms with van der Waals surface area (Å²) in [6, 6.07) is 4.91. The smallest absolute Gasteiger partial charge is 0.191 e. The number of hydrogen-bond acceptors (Lipinski definition) is 3. The predicted octanol–water partition coefficient (Wildman–Crippen LogP) is 3.40. The molecule has 0 radical (unpaired) electrons. The first-order valence-electron chi connectivity index (χ1n) is 7.17. The lowest BCUT2D eigenvalue weighted by molar-refractivity contribution is 0.0268. The minimum atomic E-state index is -0.266. The maximum Gasteiger partial charge on any atom is 0.191 e. The fraction of sp³-hybridized carbons (Fsp3) is 0.562. The summed E-state index contributed by atoms with van der Waals surface area (Å²) in [5.41, 5.74) is 1.81. The molecule has 2 N–H and O–H groups in total. The molecule has 1 aromatic rings. The minimum absolute atomic E-state index is 0. The van der Waals surface area contributed by atoms with Crippen molar-refractivity contribution >= 4 is 41.7 Å². The predicted molar refractivity (Wildman–Crippen MR) is 108 cm³/mol. The van der Waals surface area contributed by atoms with Gasteiger partial charge in [-0.3, -0.25) is 4.99 Å². The zero-order valence-corrected chi connectivity index (χ0v) is 17.6. The highest BCUT2D eigenvalue weighted by molar-refractivity contribution is 14.0. The number of aliphatic imine (C=N–C) groups is 1. The molecule has 0 saturated heterocycles. The van der Waals surface area contributed by atoms with E-state index in [9.17, 15) is 4.39 Å². The van der Waals surface area contributed by atoms with Crippen molar-refractivity contribution in [1.82, 2.24) is 10.6 Å². The maximum atomic E-state index is 13.3. The Balaban J connectivity index is 0.00000484. The van der Waals surface area contributed by atoms with Crippen LogP contribution < -0.4 is 10.6 Å². The largest absolute Gasteiger partial charge is 0.377 e. The summed E-state index contributed by atoms with van der Waals surface area (Å²) in [4.78, 5) is 4.19. The van der Waals surface area contributed by atoms with Gasteiger partial charge in [0.05, 0.1) is 5.60 Å². The number of thioether (sulfide) groups is 1. The van der Waals surface area contributed by atoms with Crippen LogP contribution in [0.15, 0.2) is 23.2 Å². The first kappa shape index (κ1) is 22.5. The highest BCUT2D eigenvalue weighted by Gasteiger charge is 2.16. The lowest BCUT2D eigenvalue weighted by atomic mass is 10.1. The number of nitrogens with zero attached hydrogens (tertiary/aromatic N) is 1. The standard InChI is InChI=1S/C16H26FN3OS.HI/c1-16(2,21-4)11-20-15(18-3)19-9-12-6-7-14(17)8-13(12)10-22-5;/h6-8H,9-11H2,1-5H3,(H2,18,19,20);1H. The van der Waals surface area contributed by atoms with Crippen LogP contribution in [0, 0.1) is 5.82 Å². The van der Waals surface area contributed by atoms with Crippen LogP contribution in [0.2, 0.25) is 0 Å². The summed E-state index contributed by atoms with van der Waals surface area (Å²) in [6.45, 7) is 5.25. The van der Waals surface area contributed by atoms with E-state index in [1.807, 2.05) is 26.2 Å². The molecule has 0 aliphatic carbocycles. The average Bonchev–Trinajstić information content (AvgIpc) is 2.49. The maximum absolute atomic E-state index is 13.3. The summed E-state index contributed by atoms with van der Waals surface area (Å²) < 4.78 is 18.7. The van der Waals surface area contributed by atoms with Crippen molar-refractivity contribution in [2.75, 3.05) is 27.0 Å². The van der Waals surface area contributed by atoms with Crippen molar-refractivity contribution in [3.05, 3.63) is 35.1 Å². The van der Waals surface area contributed by atoms with E-state index in [0.29, 0.717) is 19.0 Å². The van der Waals surface area contributed by atoms with Gasteiger partial charge in [0.25, 0.3) is 0 Å². The molecule has 7 heteroatoms. The van der Waals surface area contributed by atoms with Crippen LogP contribution in [-0.4, -0.2) is 38.5 Å². The Morgan fingerprint density at radius 2 is 2.00 bits per heavy atom. The van der Waals surface area contributed by atoms with Gasteiger partial charge >= 0.3 is 0 Å². The Bertz CT molecular complexity index is 512. The van der Waals surface area contributed by atoms with E-state index in [1.54, 1.807) is 32.0 Å². The number of halogens is 2. The van der Waals surface area contributed by atoms with Gasteiger partial charge in [-0.25, -0.2) is 4.39 Å². The van der Waals surface area contributed by atoms with Crippen molar-refractivity contribution in [3.63, 3.8) is 0 Å². The molecule has 23 heavy (non-hydrogen) atoms. The normalized spacial score (nSPS) is 11.8. The van der Waals surface area contributed by atoms with Crippen molar-refractivity contribution < 1.29 is 9.13 Å². The number of hydrogen-bond donors (Lipinski definition) is 2. The zero-order chi connectivity index (χ0) is 16.6. The van der Waals surface area contributed by atoms with E-state index in [4.69, 9.17) is 4.74 Å². The van der Waals surface area contributed by atoms with Crippen LogP contribution >= 0.6 is 35.7 Å². The number of benzene rings is 1. The second-order valence-electron chi connectivity index (χ2n) is 5.59. The van der Waals surface area contributed by atoms with Crippen molar-refractivity contribution in [1.29, 1.82) is 0 Å². The van der Waals surface area contributed by atoms with Crippen LogP contribution in [0.1, 0.15) is 25.0 Å². The molecular formula is C16H27FIN3OS. The van der Waals surface area contributed by atoms with Gasteiger partial charge in [-0.1, -0.05) is 6.07 Å². The van der Waals surface area contributed by atoms with E-state index in [-0.39, 0.29) is 35.4 Å². The lowest BCUT2D eigenvalue weighted by Crippen LogP contribution is -2.45. The fourth-order valence-electron chi connectivity index (χ4n) is 1.83. The molecule has 4 nitrogen and oxygen atoms in total. The van der Waals surface area contributed by atoms with E-state index in [1.165, 1.54) is 6.07 Å². The van der Waals surface area contributed by atoms with Gasteiger partial charge in [-0.05, 0) is 43.4 Å². The quantitative estimate of drug-likeness (QED) is 0.376. The monoisotopic (exact) mass is 455 g/mol. The SMILES string of the molecule is CN=C(NCc1ccc(F)cc1CSC)NCC(C)(C)OC.I. The third kappa shape index (κ3) is 8.21. The molecular weight excluding hydrogens is 428 g/mol. The lowest BCUT2D eigenvalue weighted by Gasteiger charge is -2.24. The molecule has 0 aliphatic heterocycles. The third-order valence-electron chi connectivity index (χ3n) is 3.37. The summed E-state index contributed by atoms with van der Waals surface area (Å²) in [7, 11) is 3.41. The van der Waals surface area contributed by atoms with Gasteiger partial charge in [0.2, 0.25) is 0 Å². The first-order valence-corrected chi connectivity index (χ1v) is 8.57. The second-order valence-corrected chi connectivity index (χ2v) is 6.46. The van der Waals surface area contributed by atoms with Crippen LogP contribution in [0.25, 0.3) is 0 Å². The fourth-order valence-corrected chi connectivity index (χ4v) is 2.40. The molecule has 0 aromatic heterocycles. The molecule has 0 fully saturated rings. The van der Waals surface area contributed by atoms with Gasteiger partial charge in [0.1, 0.15) is 5.82 Å². The van der Waals surface area contributed by atoms with Crippen molar-refractivity contribution in [2.45, 2.75) is 31.7 Å². The molecule has 0 saturated carbocycles. The zero-order valence-electron chi connectivity index (χ0n) is 14.4. The van der Waals surface area contributed by atoms with Crippen molar-refractivity contribution in [3.8, 4) is 0 Å². The van der Waals surface area contributed by atoms with Crippen LogP contribution in [-0.2, 0) is 17.0 Å². The Morgan fingerprint density at radius 1 is 1.30 bits per heavy atom. The molecule has 0 bridgehead atoms. The van der Waals surface area contributed by atoms with Gasteiger partial charge in [-0.2, -0.15) is 11.8 Å². The molecule has 1 rings (SSSR count). The summed E-state index contributed by atoms with van der Waals surface area (Å²) in [5.74, 6) is 1.29. The molecule has 132 valence electrons. The van der Waals surface area contributed by atoms with Crippen LogP contribution in [0.4, 0.5) is 4.39 Å². The Labute approximate surface area is 160 Å². The highest BCUT2D eigenvalue weighted by atomic mass is 127. The summed E-state index contributed by atoms with van der Waals surface area (Å²) in [6.07, 6.45) is 2.01. The van der Waals surface area contributed by atoms with Crippen LogP contribution in [0.5, 0.6) is 0 Å². The number of guanidine groups is 1. The topological polar surface area (TPSA) is 45.7 Å². The Morgan fingerprint density at radius 3 is 2.57 bits per heavy atom. The number of nitrogens with one attached hydrogen (secondary N) is 2. The molecule has 0 amide bonds. The van der Waals surface area contributed by atoms with E-state index >= 15 is 0 Å². The number of methoxy groups -OCH3 is 1. The Kier molecular flexibility index (Phi) is 10.8. The Hall–Kier alpha value is -0.540. The molecule has 0 unspecified atom stereocenters. The van der Waals surface area contributed by atoms with Crippen molar-refractivity contribution in [2.24, 2.45) is 4.99 Å². The minimum Gasteiger partial charge on any atom is -0.377 e. The van der Waals surface area contributed by atoms with Gasteiger partial charge in [0.15, 0.2) is 5.96 Å². The van der Waals surface area contributed by atoms with E-state index in [2.05, 4.69) is 15.6 Å².